The Kier molecular flexibility index (Phi) is 7.16. The average Bonchev–Trinajstić information content (AvgIpc) is 3.22. The highest BCUT2D eigenvalue weighted by Gasteiger charge is 2.24. The fourth-order valence-electron chi connectivity index (χ4n) is 3.21. The van der Waals surface area contributed by atoms with E-state index < -0.39 is 0 Å². The number of nitrogens with zero attached hydrogens (tertiary/aromatic N) is 4. The first-order valence-corrected chi connectivity index (χ1v) is 9.15. The zero-order valence-corrected chi connectivity index (χ0v) is 16.3. The molecule has 136 valence electrons. The topological polar surface area (TPSA) is 39.0 Å². The molecule has 0 amide bonds. The molecule has 3 rings (SSSR count). The molecule has 2 aliphatic heterocycles. The lowest BCUT2D eigenvalue weighted by atomic mass is 10.2. The third-order valence-electron chi connectivity index (χ3n) is 4.89. The first-order chi connectivity index (χ1) is 11.4. The van der Waals surface area contributed by atoms with E-state index in [-0.39, 0.29) is 0 Å². The lowest BCUT2D eigenvalue weighted by molar-refractivity contribution is 0.0538. The molecule has 1 atom stereocenters. The van der Waals surface area contributed by atoms with E-state index in [1.165, 1.54) is 38.0 Å². The monoisotopic (exact) mass is 353 g/mol. The van der Waals surface area contributed by atoms with Crippen molar-refractivity contribution in [3.8, 4) is 0 Å². The molecule has 1 aromatic carbocycles. The van der Waals surface area contributed by atoms with Gasteiger partial charge < -0.3 is 15.5 Å². The Bertz CT molecular complexity index is 514. The van der Waals surface area contributed by atoms with Crippen LogP contribution >= 0.6 is 11.6 Å². The second-order valence-corrected chi connectivity index (χ2v) is 7.47. The van der Waals surface area contributed by atoms with E-state index in [0.29, 0.717) is 16.8 Å². The van der Waals surface area contributed by atoms with Gasteiger partial charge in [-0.25, -0.2) is 10.0 Å². The summed E-state index contributed by atoms with van der Waals surface area (Å²) < 4.78 is 0. The summed E-state index contributed by atoms with van der Waals surface area (Å²) in [6.45, 7) is 4.66. The van der Waals surface area contributed by atoms with Gasteiger partial charge in [-0.2, -0.15) is 0 Å². The Morgan fingerprint density at radius 3 is 2.21 bits per heavy atom. The van der Waals surface area contributed by atoms with Gasteiger partial charge in [-0.1, -0.05) is 11.6 Å². The molecule has 0 bridgehead atoms. The van der Waals surface area contributed by atoms with Crippen molar-refractivity contribution < 1.29 is 0 Å². The number of likely N-dealkylation sites (N-methyl/N-ethyl adjacent to an activating group) is 1. The quantitative estimate of drug-likeness (QED) is 0.846. The van der Waals surface area contributed by atoms with E-state index in [0.717, 1.165) is 13.1 Å². The number of nitrogens with two attached hydrogens (primary N) is 1. The lowest BCUT2D eigenvalue weighted by Crippen LogP contribution is -2.33. The van der Waals surface area contributed by atoms with E-state index in [4.69, 9.17) is 17.3 Å². The smallest absolute Gasteiger partial charge is 0.0656 e. The van der Waals surface area contributed by atoms with Gasteiger partial charge in [0.05, 0.1) is 10.7 Å². The van der Waals surface area contributed by atoms with Gasteiger partial charge >= 0.3 is 0 Å². The summed E-state index contributed by atoms with van der Waals surface area (Å²) in [5.74, 6) is 0. The average molecular weight is 354 g/mol. The van der Waals surface area contributed by atoms with E-state index in [9.17, 15) is 0 Å². The molecule has 0 saturated carbocycles. The minimum absolute atomic E-state index is 0.635. The van der Waals surface area contributed by atoms with Crippen molar-refractivity contribution in [1.82, 2.24) is 14.9 Å². The maximum Gasteiger partial charge on any atom is 0.0656 e. The van der Waals surface area contributed by atoms with Gasteiger partial charge in [0.1, 0.15) is 0 Å². The zero-order valence-electron chi connectivity index (χ0n) is 15.5. The van der Waals surface area contributed by atoms with E-state index in [1.807, 2.05) is 18.2 Å². The minimum Gasteiger partial charge on any atom is -0.398 e. The number of hydrogen-bond acceptors (Lipinski definition) is 5. The van der Waals surface area contributed by atoms with Gasteiger partial charge in [0.2, 0.25) is 0 Å². The van der Waals surface area contributed by atoms with Gasteiger partial charge in [-0.15, -0.1) is 0 Å². The minimum atomic E-state index is 0.635. The second kappa shape index (κ2) is 8.90. The van der Waals surface area contributed by atoms with Crippen LogP contribution in [0.15, 0.2) is 18.2 Å². The fourth-order valence-corrected chi connectivity index (χ4v) is 3.39. The van der Waals surface area contributed by atoms with Crippen LogP contribution in [-0.2, 0) is 0 Å². The van der Waals surface area contributed by atoms with Crippen LogP contribution in [0.4, 0.5) is 11.4 Å². The van der Waals surface area contributed by atoms with Crippen LogP contribution < -0.4 is 10.6 Å². The Hall–Kier alpha value is -1.01. The second-order valence-electron chi connectivity index (χ2n) is 7.07. The maximum absolute atomic E-state index is 6.03. The molecule has 0 aliphatic carbocycles. The van der Waals surface area contributed by atoms with Crippen LogP contribution in [0, 0.1) is 0 Å². The lowest BCUT2D eigenvalue weighted by Gasteiger charge is -2.22. The molecule has 2 aliphatic rings. The van der Waals surface area contributed by atoms with Crippen LogP contribution in [0.1, 0.15) is 19.3 Å². The normalized spacial score (nSPS) is 21.5. The number of hydrazine groups is 1. The summed E-state index contributed by atoms with van der Waals surface area (Å²) in [6.07, 6.45) is 3.95. The molecule has 0 aromatic heterocycles. The highest BCUT2D eigenvalue weighted by molar-refractivity contribution is 6.33. The van der Waals surface area contributed by atoms with Gasteiger partial charge in [0.15, 0.2) is 0 Å². The summed E-state index contributed by atoms with van der Waals surface area (Å²) in [6, 6.07) is 6.51. The number of nitrogen functional groups attached to an aromatic ring is 1. The van der Waals surface area contributed by atoms with E-state index in [2.05, 4.69) is 48.0 Å². The van der Waals surface area contributed by atoms with Crippen molar-refractivity contribution >= 4 is 23.0 Å². The summed E-state index contributed by atoms with van der Waals surface area (Å²) in [5, 5.41) is 5.18. The predicted octanol–water partition coefficient (Wildman–Crippen LogP) is 2.62. The summed E-state index contributed by atoms with van der Waals surface area (Å²) in [4.78, 5) is 4.63. The molecule has 1 aromatic rings. The molecule has 24 heavy (non-hydrogen) atoms. The van der Waals surface area contributed by atoms with Crippen molar-refractivity contribution in [1.29, 1.82) is 0 Å². The number of halogens is 1. The van der Waals surface area contributed by atoms with Crippen molar-refractivity contribution in [2.24, 2.45) is 0 Å². The number of hydrogen-bond donors (Lipinski definition) is 1. The van der Waals surface area contributed by atoms with Gasteiger partial charge in [-0.05, 0) is 51.6 Å². The van der Waals surface area contributed by atoms with Crippen molar-refractivity contribution in [2.75, 3.05) is 65.0 Å². The molecule has 6 heteroatoms. The third-order valence-corrected chi connectivity index (χ3v) is 5.22. The van der Waals surface area contributed by atoms with Crippen LogP contribution in [-0.4, -0.2) is 75.3 Å². The Balaban J connectivity index is 0.000000219. The molecule has 0 radical (unpaired) electrons. The predicted molar refractivity (Wildman–Crippen MR) is 105 cm³/mol. The Labute approximate surface area is 151 Å². The first-order valence-electron chi connectivity index (χ1n) is 8.77. The van der Waals surface area contributed by atoms with E-state index in [1.54, 1.807) is 0 Å². The summed E-state index contributed by atoms with van der Waals surface area (Å²) in [5.41, 5.74) is 7.52. The van der Waals surface area contributed by atoms with Crippen molar-refractivity contribution in [2.45, 2.75) is 25.3 Å². The zero-order chi connectivity index (χ0) is 17.7. The standard InChI is InChI=1S/C12H18ClN3.C6H14N2/c1-15(2)10-5-6-16(8-10)9-3-4-12(14)11(13)7-9;1-7(2)8-5-3-4-6-8/h3-4,7,10H,5-6,8,14H2,1-2H3;3-6H2,1-2H3. The van der Waals surface area contributed by atoms with Crippen LogP contribution in [0.25, 0.3) is 0 Å². The molecule has 2 N–H and O–H groups in total. The van der Waals surface area contributed by atoms with Crippen molar-refractivity contribution in [3.05, 3.63) is 23.2 Å². The molecule has 1 unspecified atom stereocenters. The fraction of sp³-hybridized carbons (Fsp3) is 0.667. The highest BCUT2D eigenvalue weighted by Crippen LogP contribution is 2.28. The Morgan fingerprint density at radius 2 is 1.75 bits per heavy atom. The van der Waals surface area contributed by atoms with Gasteiger partial charge in [-0.3, -0.25) is 0 Å². The largest absolute Gasteiger partial charge is 0.398 e. The van der Waals surface area contributed by atoms with Crippen LogP contribution in [0.2, 0.25) is 5.02 Å². The summed E-state index contributed by atoms with van der Waals surface area (Å²) in [7, 11) is 8.46. The number of benzene rings is 1. The SMILES string of the molecule is CN(C)C1CCN(c2ccc(N)c(Cl)c2)C1.CN(C)N1CCCC1. The van der Waals surface area contributed by atoms with Crippen LogP contribution in [0.5, 0.6) is 0 Å². The molecule has 5 nitrogen and oxygen atoms in total. The van der Waals surface area contributed by atoms with E-state index >= 15 is 0 Å². The maximum atomic E-state index is 6.03. The molecule has 2 fully saturated rings. The number of rotatable bonds is 3. The molecular weight excluding hydrogens is 322 g/mol. The third kappa shape index (κ3) is 5.24. The summed E-state index contributed by atoms with van der Waals surface area (Å²) >= 11 is 6.03. The first kappa shape index (κ1) is 19.3. The van der Waals surface area contributed by atoms with Crippen LogP contribution in [0.3, 0.4) is 0 Å². The number of anilines is 2. The van der Waals surface area contributed by atoms with Gasteiger partial charge in [0, 0.05) is 52.0 Å². The van der Waals surface area contributed by atoms with Gasteiger partial charge in [0.25, 0.3) is 0 Å². The Morgan fingerprint density at radius 1 is 1.08 bits per heavy atom. The molecule has 2 heterocycles. The molecule has 2 saturated heterocycles. The highest BCUT2D eigenvalue weighted by atomic mass is 35.5. The molecule has 0 spiro atoms. The molecular formula is C18H32ClN5. The van der Waals surface area contributed by atoms with Crippen molar-refractivity contribution in [3.63, 3.8) is 0 Å².